The SMILES string of the molecule is COC1CC(C)C(C(C)=O)CC1O. The van der Waals surface area contributed by atoms with Crippen molar-refractivity contribution in [1.82, 2.24) is 0 Å². The molecule has 0 aromatic heterocycles. The number of rotatable bonds is 2. The summed E-state index contributed by atoms with van der Waals surface area (Å²) in [6.45, 7) is 3.64. The van der Waals surface area contributed by atoms with Crippen LogP contribution in [-0.2, 0) is 9.53 Å². The lowest BCUT2D eigenvalue weighted by Gasteiger charge is -2.35. The van der Waals surface area contributed by atoms with Crippen molar-refractivity contribution in [3.05, 3.63) is 0 Å². The van der Waals surface area contributed by atoms with Crippen LogP contribution in [-0.4, -0.2) is 30.2 Å². The van der Waals surface area contributed by atoms with Gasteiger partial charge in [-0.05, 0) is 25.7 Å². The molecular weight excluding hydrogens is 168 g/mol. The quantitative estimate of drug-likeness (QED) is 0.699. The Morgan fingerprint density at radius 2 is 2.08 bits per heavy atom. The van der Waals surface area contributed by atoms with E-state index in [-0.39, 0.29) is 17.8 Å². The maximum Gasteiger partial charge on any atom is 0.133 e. The van der Waals surface area contributed by atoms with E-state index in [0.717, 1.165) is 6.42 Å². The second-order valence-electron chi connectivity index (χ2n) is 4.01. The number of ketones is 1. The highest BCUT2D eigenvalue weighted by Gasteiger charge is 2.36. The molecular formula is C10H18O3. The molecule has 0 saturated heterocycles. The summed E-state index contributed by atoms with van der Waals surface area (Å²) >= 11 is 0. The Kier molecular flexibility index (Phi) is 3.45. The topological polar surface area (TPSA) is 46.5 Å². The minimum atomic E-state index is -0.477. The zero-order valence-corrected chi connectivity index (χ0v) is 8.49. The van der Waals surface area contributed by atoms with Crippen molar-refractivity contribution in [2.24, 2.45) is 11.8 Å². The number of Topliss-reactive ketones (excluding diaryl/α,β-unsaturated/α-hetero) is 1. The van der Waals surface area contributed by atoms with Gasteiger partial charge in [-0.1, -0.05) is 6.92 Å². The molecule has 0 heterocycles. The molecule has 0 bridgehead atoms. The standard InChI is InChI=1S/C10H18O3/c1-6-4-10(13-3)9(12)5-8(6)7(2)11/h6,8-10,12H,4-5H2,1-3H3. The third-order valence-electron chi connectivity index (χ3n) is 3.04. The second-order valence-corrected chi connectivity index (χ2v) is 4.01. The molecule has 4 atom stereocenters. The van der Waals surface area contributed by atoms with Gasteiger partial charge in [0.05, 0.1) is 12.2 Å². The number of hydrogen-bond donors (Lipinski definition) is 1. The lowest BCUT2D eigenvalue weighted by Crippen LogP contribution is -2.41. The molecule has 1 N–H and O–H groups in total. The molecule has 76 valence electrons. The van der Waals surface area contributed by atoms with Crippen LogP contribution in [0, 0.1) is 11.8 Å². The molecule has 0 aromatic rings. The second kappa shape index (κ2) is 4.20. The van der Waals surface area contributed by atoms with E-state index < -0.39 is 6.10 Å². The van der Waals surface area contributed by atoms with Gasteiger partial charge in [0.15, 0.2) is 0 Å². The van der Waals surface area contributed by atoms with Crippen LogP contribution in [0.4, 0.5) is 0 Å². The van der Waals surface area contributed by atoms with Crippen LogP contribution < -0.4 is 0 Å². The molecule has 13 heavy (non-hydrogen) atoms. The Morgan fingerprint density at radius 1 is 1.46 bits per heavy atom. The van der Waals surface area contributed by atoms with Crippen LogP contribution in [0.1, 0.15) is 26.7 Å². The van der Waals surface area contributed by atoms with Gasteiger partial charge >= 0.3 is 0 Å². The number of ether oxygens (including phenoxy) is 1. The Labute approximate surface area is 79.1 Å². The van der Waals surface area contributed by atoms with Crippen LogP contribution in [0.2, 0.25) is 0 Å². The van der Waals surface area contributed by atoms with Crippen LogP contribution in [0.5, 0.6) is 0 Å². The van der Waals surface area contributed by atoms with Gasteiger partial charge in [0.2, 0.25) is 0 Å². The Morgan fingerprint density at radius 3 is 2.54 bits per heavy atom. The molecule has 4 unspecified atom stereocenters. The number of carbonyl (C=O) groups excluding carboxylic acids is 1. The first-order valence-corrected chi connectivity index (χ1v) is 4.77. The highest BCUT2D eigenvalue weighted by molar-refractivity contribution is 5.78. The van der Waals surface area contributed by atoms with Crippen molar-refractivity contribution in [1.29, 1.82) is 0 Å². The zero-order chi connectivity index (χ0) is 10.0. The van der Waals surface area contributed by atoms with Gasteiger partial charge in [0.25, 0.3) is 0 Å². The van der Waals surface area contributed by atoms with E-state index >= 15 is 0 Å². The van der Waals surface area contributed by atoms with Gasteiger partial charge in [-0.25, -0.2) is 0 Å². The van der Waals surface area contributed by atoms with Gasteiger partial charge in [-0.15, -0.1) is 0 Å². The van der Waals surface area contributed by atoms with Crippen LogP contribution in [0.15, 0.2) is 0 Å². The molecule has 1 aliphatic rings. The highest BCUT2D eigenvalue weighted by atomic mass is 16.5. The molecule has 0 aliphatic heterocycles. The van der Waals surface area contributed by atoms with E-state index in [9.17, 15) is 9.90 Å². The van der Waals surface area contributed by atoms with E-state index in [4.69, 9.17) is 4.74 Å². The van der Waals surface area contributed by atoms with E-state index in [1.165, 1.54) is 0 Å². The first-order valence-electron chi connectivity index (χ1n) is 4.77. The molecule has 3 heteroatoms. The summed E-state index contributed by atoms with van der Waals surface area (Å²) in [5.74, 6) is 0.522. The van der Waals surface area contributed by atoms with Crippen molar-refractivity contribution < 1.29 is 14.6 Å². The number of carbonyl (C=O) groups is 1. The molecule has 0 radical (unpaired) electrons. The fourth-order valence-electron chi connectivity index (χ4n) is 2.15. The molecule has 1 fully saturated rings. The monoisotopic (exact) mass is 186 g/mol. The summed E-state index contributed by atoms with van der Waals surface area (Å²) in [7, 11) is 1.61. The van der Waals surface area contributed by atoms with Gasteiger partial charge in [-0.2, -0.15) is 0 Å². The summed E-state index contributed by atoms with van der Waals surface area (Å²) in [6.07, 6.45) is 0.761. The highest BCUT2D eigenvalue weighted by Crippen LogP contribution is 2.31. The Balaban J connectivity index is 2.61. The normalized spacial score (nSPS) is 40.3. The fourth-order valence-corrected chi connectivity index (χ4v) is 2.15. The van der Waals surface area contributed by atoms with E-state index in [0.29, 0.717) is 12.3 Å². The van der Waals surface area contributed by atoms with Gasteiger partial charge in [-0.3, -0.25) is 4.79 Å². The predicted molar refractivity (Wildman–Crippen MR) is 49.4 cm³/mol. The van der Waals surface area contributed by atoms with Gasteiger partial charge in [0.1, 0.15) is 5.78 Å². The molecule has 1 saturated carbocycles. The molecule has 0 amide bonds. The minimum Gasteiger partial charge on any atom is -0.390 e. The van der Waals surface area contributed by atoms with Crippen molar-refractivity contribution in [2.75, 3.05) is 7.11 Å². The lowest BCUT2D eigenvalue weighted by atomic mass is 9.75. The summed E-state index contributed by atoms with van der Waals surface area (Å²) in [5.41, 5.74) is 0. The smallest absolute Gasteiger partial charge is 0.133 e. The van der Waals surface area contributed by atoms with Gasteiger partial charge < -0.3 is 9.84 Å². The minimum absolute atomic E-state index is 0.0152. The number of aliphatic hydroxyl groups is 1. The van der Waals surface area contributed by atoms with Crippen molar-refractivity contribution in [3.8, 4) is 0 Å². The van der Waals surface area contributed by atoms with E-state index in [1.807, 2.05) is 6.92 Å². The third kappa shape index (κ3) is 2.29. The molecule has 3 nitrogen and oxygen atoms in total. The summed E-state index contributed by atoms with van der Waals surface area (Å²) < 4.78 is 5.14. The van der Waals surface area contributed by atoms with Crippen molar-refractivity contribution in [3.63, 3.8) is 0 Å². The summed E-state index contributed by atoms with van der Waals surface area (Å²) in [6, 6.07) is 0. The number of methoxy groups -OCH3 is 1. The molecule has 1 rings (SSSR count). The van der Waals surface area contributed by atoms with Crippen LogP contribution >= 0.6 is 0 Å². The lowest BCUT2D eigenvalue weighted by molar-refractivity contribution is -0.129. The maximum absolute atomic E-state index is 11.2. The first kappa shape index (κ1) is 10.7. The zero-order valence-electron chi connectivity index (χ0n) is 8.49. The van der Waals surface area contributed by atoms with Crippen molar-refractivity contribution >= 4 is 5.78 Å². The Hall–Kier alpha value is -0.410. The van der Waals surface area contributed by atoms with Crippen LogP contribution in [0.25, 0.3) is 0 Å². The average Bonchev–Trinajstić information content (AvgIpc) is 2.07. The molecule has 0 spiro atoms. The predicted octanol–water partition coefficient (Wildman–Crippen LogP) is 0.997. The molecule has 0 aromatic carbocycles. The van der Waals surface area contributed by atoms with Gasteiger partial charge in [0, 0.05) is 13.0 Å². The molecule has 1 aliphatic carbocycles. The third-order valence-corrected chi connectivity index (χ3v) is 3.04. The summed E-state index contributed by atoms with van der Waals surface area (Å²) in [5, 5.41) is 9.63. The van der Waals surface area contributed by atoms with Crippen LogP contribution in [0.3, 0.4) is 0 Å². The van der Waals surface area contributed by atoms with E-state index in [1.54, 1.807) is 14.0 Å². The van der Waals surface area contributed by atoms with E-state index in [2.05, 4.69) is 0 Å². The maximum atomic E-state index is 11.2. The first-order chi connectivity index (χ1) is 6.06. The number of aliphatic hydroxyl groups excluding tert-OH is 1. The summed E-state index contributed by atoms with van der Waals surface area (Å²) in [4.78, 5) is 11.2. The number of hydrogen-bond acceptors (Lipinski definition) is 3. The Bertz CT molecular complexity index is 191. The van der Waals surface area contributed by atoms with Crippen molar-refractivity contribution in [2.45, 2.75) is 38.9 Å². The average molecular weight is 186 g/mol. The largest absolute Gasteiger partial charge is 0.390 e. The fraction of sp³-hybridized carbons (Fsp3) is 0.900.